The monoisotopic (exact) mass is 379 g/mol. The van der Waals surface area contributed by atoms with E-state index in [4.69, 9.17) is 5.11 Å². The molecule has 1 amide bonds. The van der Waals surface area contributed by atoms with Crippen molar-refractivity contribution < 1.29 is 14.7 Å². The summed E-state index contributed by atoms with van der Waals surface area (Å²) in [5, 5.41) is 11.8. The van der Waals surface area contributed by atoms with Gasteiger partial charge < -0.3 is 15.4 Å². The van der Waals surface area contributed by atoms with E-state index in [0.717, 1.165) is 31.2 Å². The molecule has 3 aromatic rings. The fraction of sp³-hybridized carbons (Fsp3) is 0.286. The highest BCUT2D eigenvalue weighted by Crippen LogP contribution is 2.30. The summed E-state index contributed by atoms with van der Waals surface area (Å²) in [5.41, 5.74) is 2.68. The molecule has 0 aliphatic heterocycles. The van der Waals surface area contributed by atoms with Crippen LogP contribution in [0.1, 0.15) is 47.6 Å². The lowest BCUT2D eigenvalue weighted by Gasteiger charge is -2.12. The van der Waals surface area contributed by atoms with Gasteiger partial charge in [-0.15, -0.1) is 0 Å². The number of hydrogen-bond donors (Lipinski definition) is 3. The quantitative estimate of drug-likeness (QED) is 0.632. The Morgan fingerprint density at radius 1 is 1.14 bits per heavy atom. The predicted molar refractivity (Wildman–Crippen MR) is 106 cm³/mol. The Hall–Kier alpha value is -3.35. The molecule has 0 bridgehead atoms. The lowest BCUT2D eigenvalue weighted by atomic mass is 10.1. The molecule has 0 unspecified atom stereocenters. The summed E-state index contributed by atoms with van der Waals surface area (Å²) in [7, 11) is 0. The zero-order valence-corrected chi connectivity index (χ0v) is 15.3. The maximum Gasteiger partial charge on any atom is 0.326 e. The average Bonchev–Trinajstić information content (AvgIpc) is 3.28. The van der Waals surface area contributed by atoms with Crippen LogP contribution in [0.15, 0.2) is 47.3 Å². The molecule has 1 aliphatic rings. The molecule has 3 N–H and O–H groups in total. The standard InChI is InChI=1S/C21H21N3O4/c25-19(26)12-13-5-1-4-8-16(13)22-20(27)14-9-10-18-17(11-14)23-21(28)24(18)15-6-2-3-7-15/h1,4-5,8-11,15H,2-3,6-7,12H2,(H,22,27)(H,23,28)(H,25,26). The van der Waals surface area contributed by atoms with Crippen LogP contribution in [-0.2, 0) is 11.2 Å². The summed E-state index contributed by atoms with van der Waals surface area (Å²) < 4.78 is 1.80. The van der Waals surface area contributed by atoms with E-state index >= 15 is 0 Å². The number of carboxylic acid groups (broad SMARTS) is 1. The van der Waals surface area contributed by atoms with Gasteiger partial charge in [0.1, 0.15) is 0 Å². The summed E-state index contributed by atoms with van der Waals surface area (Å²) in [5.74, 6) is -1.32. The van der Waals surface area contributed by atoms with Crippen LogP contribution >= 0.6 is 0 Å². The molecule has 0 saturated heterocycles. The molecule has 0 radical (unpaired) electrons. The number of rotatable bonds is 5. The number of anilines is 1. The second kappa shape index (κ2) is 7.34. The molecule has 0 spiro atoms. The fourth-order valence-corrected chi connectivity index (χ4v) is 3.95. The van der Waals surface area contributed by atoms with Crippen LogP contribution in [0.4, 0.5) is 5.69 Å². The predicted octanol–water partition coefficient (Wildman–Crippen LogP) is 3.32. The smallest absolute Gasteiger partial charge is 0.326 e. The van der Waals surface area contributed by atoms with Gasteiger partial charge >= 0.3 is 11.7 Å². The van der Waals surface area contributed by atoms with Crippen molar-refractivity contribution in [2.24, 2.45) is 0 Å². The van der Waals surface area contributed by atoms with E-state index in [1.54, 1.807) is 47.0 Å². The molecule has 1 saturated carbocycles. The number of imidazole rings is 1. The van der Waals surface area contributed by atoms with Crippen LogP contribution < -0.4 is 11.0 Å². The third-order valence-corrected chi connectivity index (χ3v) is 5.28. The van der Waals surface area contributed by atoms with Gasteiger partial charge in [0.2, 0.25) is 0 Å². The number of carbonyl (C=O) groups excluding carboxylic acids is 1. The topological polar surface area (TPSA) is 104 Å². The first kappa shape index (κ1) is 18.0. The normalized spacial score (nSPS) is 14.4. The van der Waals surface area contributed by atoms with E-state index in [-0.39, 0.29) is 24.1 Å². The first-order chi connectivity index (χ1) is 13.5. The van der Waals surface area contributed by atoms with Crippen molar-refractivity contribution in [2.75, 3.05) is 5.32 Å². The van der Waals surface area contributed by atoms with E-state index in [0.29, 0.717) is 22.3 Å². The number of benzene rings is 2. The van der Waals surface area contributed by atoms with Crippen LogP contribution in [0.25, 0.3) is 11.0 Å². The molecule has 1 fully saturated rings. The zero-order chi connectivity index (χ0) is 19.7. The van der Waals surface area contributed by atoms with E-state index in [1.165, 1.54) is 0 Å². The largest absolute Gasteiger partial charge is 0.481 e. The maximum atomic E-state index is 12.7. The van der Waals surface area contributed by atoms with Crippen LogP contribution in [0.2, 0.25) is 0 Å². The molecular formula is C21H21N3O4. The summed E-state index contributed by atoms with van der Waals surface area (Å²) in [6.07, 6.45) is 4.07. The van der Waals surface area contributed by atoms with Gasteiger partial charge in [0.05, 0.1) is 17.5 Å². The number of aliphatic carboxylic acids is 1. The van der Waals surface area contributed by atoms with Crippen LogP contribution in [-0.4, -0.2) is 26.5 Å². The third-order valence-electron chi connectivity index (χ3n) is 5.28. The number of hydrogen-bond acceptors (Lipinski definition) is 3. The number of aromatic nitrogens is 2. The van der Waals surface area contributed by atoms with Crippen molar-refractivity contribution in [2.45, 2.75) is 38.1 Å². The second-order valence-corrected chi connectivity index (χ2v) is 7.15. The Bertz CT molecular complexity index is 1110. The van der Waals surface area contributed by atoms with E-state index in [2.05, 4.69) is 10.3 Å². The minimum atomic E-state index is -0.964. The van der Waals surface area contributed by atoms with E-state index in [9.17, 15) is 14.4 Å². The number of H-pyrrole nitrogens is 1. The molecule has 28 heavy (non-hydrogen) atoms. The number of carbonyl (C=O) groups is 2. The molecule has 2 aromatic carbocycles. The van der Waals surface area contributed by atoms with Crippen molar-refractivity contribution in [3.8, 4) is 0 Å². The molecule has 1 aliphatic carbocycles. The minimum Gasteiger partial charge on any atom is -0.481 e. The lowest BCUT2D eigenvalue weighted by Crippen LogP contribution is -2.20. The van der Waals surface area contributed by atoms with Gasteiger partial charge in [-0.25, -0.2) is 4.79 Å². The van der Waals surface area contributed by atoms with Gasteiger partial charge in [-0.1, -0.05) is 31.0 Å². The van der Waals surface area contributed by atoms with Crippen LogP contribution in [0.5, 0.6) is 0 Å². The van der Waals surface area contributed by atoms with Crippen molar-refractivity contribution >= 4 is 28.6 Å². The number of nitrogens with one attached hydrogen (secondary N) is 2. The van der Waals surface area contributed by atoms with Crippen molar-refractivity contribution in [3.63, 3.8) is 0 Å². The van der Waals surface area contributed by atoms with Gasteiger partial charge in [-0.2, -0.15) is 0 Å². The summed E-state index contributed by atoms with van der Waals surface area (Å²) in [6, 6.07) is 12.2. The molecule has 144 valence electrons. The van der Waals surface area contributed by atoms with Crippen molar-refractivity contribution in [1.82, 2.24) is 9.55 Å². The molecule has 0 atom stereocenters. The van der Waals surface area contributed by atoms with Gasteiger partial charge in [-0.3, -0.25) is 14.2 Å². The highest BCUT2D eigenvalue weighted by Gasteiger charge is 2.21. The van der Waals surface area contributed by atoms with Gasteiger partial charge in [-0.05, 0) is 42.7 Å². The van der Waals surface area contributed by atoms with Gasteiger partial charge in [0.15, 0.2) is 0 Å². The fourth-order valence-electron chi connectivity index (χ4n) is 3.95. The van der Waals surface area contributed by atoms with Gasteiger partial charge in [0.25, 0.3) is 5.91 Å². The molecule has 4 rings (SSSR count). The number of fused-ring (bicyclic) bond motifs is 1. The third kappa shape index (κ3) is 3.43. The number of amides is 1. The van der Waals surface area contributed by atoms with Crippen LogP contribution in [0, 0.1) is 0 Å². The molecule has 7 heteroatoms. The van der Waals surface area contributed by atoms with Crippen molar-refractivity contribution in [3.05, 3.63) is 64.1 Å². The Morgan fingerprint density at radius 3 is 2.64 bits per heavy atom. The number of nitrogens with zero attached hydrogens (tertiary/aromatic N) is 1. The number of aromatic amines is 1. The van der Waals surface area contributed by atoms with E-state index in [1.807, 2.05) is 0 Å². The summed E-state index contributed by atoms with van der Waals surface area (Å²) in [4.78, 5) is 39.0. The highest BCUT2D eigenvalue weighted by atomic mass is 16.4. The first-order valence-corrected chi connectivity index (χ1v) is 9.38. The Labute approximate surface area is 161 Å². The molecule has 7 nitrogen and oxygen atoms in total. The number of para-hydroxylation sites is 1. The Kier molecular flexibility index (Phi) is 4.73. The molecule has 1 aromatic heterocycles. The maximum absolute atomic E-state index is 12.7. The lowest BCUT2D eigenvalue weighted by molar-refractivity contribution is -0.136. The SMILES string of the molecule is O=C(O)Cc1ccccc1NC(=O)c1ccc2c(c1)[nH]c(=O)n2C1CCCC1. The average molecular weight is 379 g/mol. The van der Waals surface area contributed by atoms with Gasteiger partial charge in [0, 0.05) is 17.3 Å². The minimum absolute atomic E-state index is 0.147. The summed E-state index contributed by atoms with van der Waals surface area (Å²) >= 11 is 0. The molecule has 1 heterocycles. The Morgan fingerprint density at radius 2 is 1.89 bits per heavy atom. The first-order valence-electron chi connectivity index (χ1n) is 9.38. The highest BCUT2D eigenvalue weighted by molar-refractivity contribution is 6.06. The van der Waals surface area contributed by atoms with Crippen LogP contribution in [0.3, 0.4) is 0 Å². The van der Waals surface area contributed by atoms with Crippen molar-refractivity contribution in [1.29, 1.82) is 0 Å². The number of carboxylic acids is 1. The Balaban J connectivity index is 1.62. The zero-order valence-electron chi connectivity index (χ0n) is 15.3. The molecular weight excluding hydrogens is 358 g/mol. The van der Waals surface area contributed by atoms with E-state index < -0.39 is 5.97 Å². The second-order valence-electron chi connectivity index (χ2n) is 7.15. The summed E-state index contributed by atoms with van der Waals surface area (Å²) in [6.45, 7) is 0.